The minimum Gasteiger partial charge on any atom is -0.387 e. The molecule has 3 aliphatic heterocycles. The lowest BCUT2D eigenvalue weighted by atomic mass is 9.93. The number of aryl methyl sites for hydroxylation is 1. The third-order valence-electron chi connectivity index (χ3n) is 8.07. The van der Waals surface area contributed by atoms with Crippen molar-refractivity contribution in [2.45, 2.75) is 50.5 Å². The fourth-order valence-electron chi connectivity index (χ4n) is 5.77. The molecule has 2 fully saturated rings. The van der Waals surface area contributed by atoms with Crippen LogP contribution in [0.25, 0.3) is 5.69 Å². The first-order valence-electron chi connectivity index (χ1n) is 12.7. The number of hydrogen-bond acceptors (Lipinski definition) is 7. The summed E-state index contributed by atoms with van der Waals surface area (Å²) in [5.74, 6) is 2.34. The van der Waals surface area contributed by atoms with E-state index in [9.17, 15) is 13.2 Å². The number of aromatic nitrogens is 4. The van der Waals surface area contributed by atoms with Gasteiger partial charge in [-0.25, -0.2) is 4.98 Å². The van der Waals surface area contributed by atoms with Gasteiger partial charge >= 0.3 is 6.18 Å². The van der Waals surface area contributed by atoms with E-state index in [1.165, 1.54) is 4.90 Å². The van der Waals surface area contributed by atoms with Gasteiger partial charge < -0.3 is 15.0 Å². The van der Waals surface area contributed by atoms with Crippen LogP contribution in [0.5, 0.6) is 0 Å². The molecule has 202 valence electrons. The summed E-state index contributed by atoms with van der Waals surface area (Å²) in [6.07, 6.45) is -2.77. The summed E-state index contributed by atoms with van der Waals surface area (Å²) < 4.78 is 49.8. The Morgan fingerprint density at radius 2 is 1.84 bits per heavy atom. The molecule has 0 bridgehead atoms. The first-order valence-corrected chi connectivity index (χ1v) is 13.1. The molecule has 0 amide bonds. The molecule has 2 aromatic heterocycles. The molecule has 1 N–H and O–H groups in total. The predicted molar refractivity (Wildman–Crippen MR) is 138 cm³/mol. The quantitative estimate of drug-likeness (QED) is 0.508. The molecule has 0 unspecified atom stereocenters. The van der Waals surface area contributed by atoms with Crippen molar-refractivity contribution in [1.82, 2.24) is 24.6 Å². The van der Waals surface area contributed by atoms with Crippen molar-refractivity contribution in [2.24, 2.45) is 0 Å². The van der Waals surface area contributed by atoms with E-state index in [0.29, 0.717) is 10.8 Å². The maximum atomic E-state index is 14.2. The molecule has 1 aromatic carbocycles. The summed E-state index contributed by atoms with van der Waals surface area (Å²) in [6, 6.07) is 9.44. The van der Waals surface area contributed by atoms with Crippen molar-refractivity contribution >= 4 is 23.1 Å². The minimum absolute atomic E-state index is 0.0159. The first kappa shape index (κ1) is 25.4. The molecule has 38 heavy (non-hydrogen) atoms. The maximum Gasteiger partial charge on any atom is 0.411 e. The monoisotopic (exact) mass is 547 g/mol. The molecular formula is C26H29ClF3N7O. The molecule has 0 radical (unpaired) electrons. The van der Waals surface area contributed by atoms with Crippen LogP contribution in [0.4, 0.5) is 24.7 Å². The van der Waals surface area contributed by atoms with Gasteiger partial charge in [-0.15, -0.1) is 10.2 Å². The summed E-state index contributed by atoms with van der Waals surface area (Å²) in [5.41, 5.74) is 1.40. The van der Waals surface area contributed by atoms with Gasteiger partial charge in [0, 0.05) is 37.6 Å². The first-order chi connectivity index (χ1) is 18.2. The number of ether oxygens (including phenoxy) is 1. The van der Waals surface area contributed by atoms with Crippen molar-refractivity contribution in [1.29, 1.82) is 0 Å². The van der Waals surface area contributed by atoms with Crippen LogP contribution in [0.1, 0.15) is 41.7 Å². The number of alkyl halides is 3. The van der Waals surface area contributed by atoms with E-state index >= 15 is 0 Å². The Bertz CT molecular complexity index is 1350. The van der Waals surface area contributed by atoms with Crippen LogP contribution in [-0.4, -0.2) is 69.7 Å². The van der Waals surface area contributed by atoms with Gasteiger partial charge in [-0.3, -0.25) is 9.47 Å². The van der Waals surface area contributed by atoms with Crippen LogP contribution in [0.3, 0.4) is 0 Å². The molecule has 3 aromatic rings. The average Bonchev–Trinajstić information content (AvgIpc) is 3.19. The van der Waals surface area contributed by atoms with Crippen LogP contribution in [0.15, 0.2) is 30.3 Å². The molecule has 0 atom stereocenters. The van der Waals surface area contributed by atoms with Gasteiger partial charge in [-0.1, -0.05) is 11.6 Å². The molecule has 2 saturated heterocycles. The molecule has 0 spiro atoms. The van der Waals surface area contributed by atoms with E-state index < -0.39 is 24.9 Å². The Morgan fingerprint density at radius 1 is 1.08 bits per heavy atom. The SMILES string of the molecule is CNc1ccc(N2CCC(c3nnc4n3-c3ccc(Cl)cc3CN(C3(C(F)(F)F)COC3)C4)CC2)nc1C. The number of anilines is 2. The highest BCUT2D eigenvalue weighted by Gasteiger charge is 2.63. The minimum atomic E-state index is -4.44. The molecule has 8 nitrogen and oxygen atoms in total. The summed E-state index contributed by atoms with van der Waals surface area (Å²) in [5, 5.41) is 12.6. The number of halogens is 4. The van der Waals surface area contributed by atoms with Crippen molar-refractivity contribution in [3.05, 3.63) is 58.3 Å². The number of benzene rings is 1. The van der Waals surface area contributed by atoms with E-state index in [2.05, 4.69) is 20.4 Å². The Labute approximate surface area is 223 Å². The van der Waals surface area contributed by atoms with E-state index in [1.807, 2.05) is 36.7 Å². The van der Waals surface area contributed by atoms with Gasteiger partial charge in [-0.05, 0) is 55.7 Å². The normalized spacial score (nSPS) is 19.9. The molecule has 5 heterocycles. The van der Waals surface area contributed by atoms with Crippen LogP contribution in [0.2, 0.25) is 5.02 Å². The predicted octanol–water partition coefficient (Wildman–Crippen LogP) is 4.70. The summed E-state index contributed by atoms with van der Waals surface area (Å²) in [7, 11) is 1.88. The van der Waals surface area contributed by atoms with Crippen LogP contribution < -0.4 is 10.2 Å². The Kier molecular flexibility index (Phi) is 6.27. The van der Waals surface area contributed by atoms with E-state index in [4.69, 9.17) is 21.3 Å². The lowest BCUT2D eigenvalue weighted by molar-refractivity contribution is -0.310. The zero-order valence-corrected chi connectivity index (χ0v) is 22.0. The highest BCUT2D eigenvalue weighted by molar-refractivity contribution is 6.30. The van der Waals surface area contributed by atoms with E-state index in [1.54, 1.807) is 12.1 Å². The number of nitrogens with one attached hydrogen (secondary N) is 1. The highest BCUT2D eigenvalue weighted by Crippen LogP contribution is 2.44. The number of rotatable bonds is 4. The zero-order valence-electron chi connectivity index (χ0n) is 21.2. The molecule has 6 rings (SSSR count). The van der Waals surface area contributed by atoms with Crippen LogP contribution in [0, 0.1) is 6.92 Å². The Morgan fingerprint density at radius 3 is 2.47 bits per heavy atom. The Balaban J connectivity index is 1.30. The van der Waals surface area contributed by atoms with E-state index in [-0.39, 0.29) is 19.0 Å². The lowest BCUT2D eigenvalue weighted by Gasteiger charge is -2.49. The van der Waals surface area contributed by atoms with Crippen LogP contribution in [-0.2, 0) is 17.8 Å². The van der Waals surface area contributed by atoms with Crippen molar-refractivity contribution < 1.29 is 17.9 Å². The standard InChI is InChI=1S/C26H29ClF3N7O/c1-16-20(31-2)4-6-22(32-16)35-9-7-17(8-10-35)24-34-33-23-13-36(25(14-38-15-25)26(28,29)30)12-18-11-19(27)3-5-21(18)37(23)24/h3-6,11,17,31H,7-10,12-15H2,1-2H3. The van der Waals surface area contributed by atoms with Gasteiger partial charge in [-0.2, -0.15) is 13.2 Å². The largest absolute Gasteiger partial charge is 0.411 e. The Hall–Kier alpha value is -2.89. The fourth-order valence-corrected chi connectivity index (χ4v) is 5.96. The molecule has 0 aliphatic carbocycles. The zero-order chi connectivity index (χ0) is 26.7. The van der Waals surface area contributed by atoms with Crippen molar-refractivity contribution in [3.8, 4) is 5.69 Å². The average molecular weight is 548 g/mol. The third kappa shape index (κ3) is 4.11. The van der Waals surface area contributed by atoms with Crippen molar-refractivity contribution in [3.63, 3.8) is 0 Å². The lowest BCUT2D eigenvalue weighted by Crippen LogP contribution is -2.69. The summed E-state index contributed by atoms with van der Waals surface area (Å²) >= 11 is 6.30. The summed E-state index contributed by atoms with van der Waals surface area (Å²) in [4.78, 5) is 8.44. The number of piperidine rings is 1. The van der Waals surface area contributed by atoms with Crippen molar-refractivity contribution in [2.75, 3.05) is 43.6 Å². The third-order valence-corrected chi connectivity index (χ3v) is 8.31. The highest BCUT2D eigenvalue weighted by atomic mass is 35.5. The van der Waals surface area contributed by atoms with Gasteiger partial charge in [0.25, 0.3) is 0 Å². The maximum absolute atomic E-state index is 14.2. The van der Waals surface area contributed by atoms with Gasteiger partial charge in [0.2, 0.25) is 0 Å². The smallest absolute Gasteiger partial charge is 0.387 e. The molecule has 0 saturated carbocycles. The van der Waals surface area contributed by atoms with Gasteiger partial charge in [0.1, 0.15) is 11.6 Å². The number of nitrogens with zero attached hydrogens (tertiary/aromatic N) is 6. The number of pyridine rings is 1. The van der Waals surface area contributed by atoms with Crippen LogP contribution >= 0.6 is 11.6 Å². The second-order valence-corrected chi connectivity index (χ2v) is 10.7. The second kappa shape index (κ2) is 9.39. The number of fused-ring (bicyclic) bond motifs is 3. The molecule has 3 aliphatic rings. The fraction of sp³-hybridized carbons (Fsp3) is 0.500. The molecule has 12 heteroatoms. The second-order valence-electron chi connectivity index (χ2n) is 10.3. The number of hydrogen-bond donors (Lipinski definition) is 1. The van der Waals surface area contributed by atoms with Gasteiger partial charge in [0.05, 0.1) is 36.8 Å². The summed E-state index contributed by atoms with van der Waals surface area (Å²) in [6.45, 7) is 2.90. The molecular weight excluding hydrogens is 519 g/mol. The topological polar surface area (TPSA) is 71.3 Å². The van der Waals surface area contributed by atoms with E-state index in [0.717, 1.165) is 60.2 Å². The van der Waals surface area contributed by atoms with Gasteiger partial charge in [0.15, 0.2) is 11.4 Å².